The molecule has 0 spiro atoms. The number of nitrogens with one attached hydrogen (secondary N) is 1. The summed E-state index contributed by atoms with van der Waals surface area (Å²) in [5.74, 6) is 0.562. The lowest BCUT2D eigenvalue weighted by Gasteiger charge is -2.08. The lowest BCUT2D eigenvalue weighted by Crippen LogP contribution is -2.29. The number of amides is 1. The van der Waals surface area contributed by atoms with Crippen LogP contribution >= 0.6 is 11.6 Å². The van der Waals surface area contributed by atoms with Crippen LogP contribution in [0.25, 0.3) is 22.6 Å². The normalized spacial score (nSPS) is 10.8. The zero-order valence-electron chi connectivity index (χ0n) is 13.4. The lowest BCUT2D eigenvalue weighted by atomic mass is 10.1. The number of rotatable bonds is 4. The van der Waals surface area contributed by atoms with Crippen LogP contribution in [0.3, 0.4) is 0 Å². The van der Waals surface area contributed by atoms with Gasteiger partial charge in [0.05, 0.1) is 0 Å². The van der Waals surface area contributed by atoms with Crippen molar-refractivity contribution in [1.82, 2.24) is 10.5 Å². The summed E-state index contributed by atoms with van der Waals surface area (Å²) in [6, 6.07) is 16.6. The van der Waals surface area contributed by atoms with E-state index >= 15 is 0 Å². The van der Waals surface area contributed by atoms with Gasteiger partial charge in [-0.2, -0.15) is 0 Å². The van der Waals surface area contributed by atoms with Gasteiger partial charge in [0.25, 0.3) is 5.91 Å². The third kappa shape index (κ3) is 3.66. The third-order valence-electron chi connectivity index (χ3n) is 3.50. The van der Waals surface area contributed by atoms with E-state index in [-0.39, 0.29) is 11.9 Å². The lowest BCUT2D eigenvalue weighted by molar-refractivity contribution is 0.0943. The number of hydrogen-bond acceptors (Lipinski definition) is 3. The molecule has 0 aliphatic carbocycles. The van der Waals surface area contributed by atoms with Crippen LogP contribution in [-0.4, -0.2) is 17.1 Å². The summed E-state index contributed by atoms with van der Waals surface area (Å²) < 4.78 is 5.42. The van der Waals surface area contributed by atoms with Crippen molar-refractivity contribution in [2.75, 3.05) is 0 Å². The van der Waals surface area contributed by atoms with Gasteiger partial charge < -0.3 is 9.84 Å². The highest BCUT2D eigenvalue weighted by Gasteiger charge is 2.11. The van der Waals surface area contributed by atoms with E-state index in [0.717, 1.165) is 16.8 Å². The summed E-state index contributed by atoms with van der Waals surface area (Å²) >= 11 is 5.90. The molecule has 0 radical (unpaired) electrons. The molecule has 3 aromatic rings. The number of carbonyl (C=O) groups excluding carboxylic acids is 1. The van der Waals surface area contributed by atoms with E-state index in [1.165, 1.54) is 0 Å². The molecule has 0 atom stereocenters. The Hall–Kier alpha value is -2.59. The molecule has 0 aliphatic heterocycles. The Morgan fingerprint density at radius 2 is 1.67 bits per heavy atom. The van der Waals surface area contributed by atoms with E-state index in [2.05, 4.69) is 10.5 Å². The maximum absolute atomic E-state index is 12.0. The average Bonchev–Trinajstić information content (AvgIpc) is 3.05. The quantitative estimate of drug-likeness (QED) is 0.742. The van der Waals surface area contributed by atoms with E-state index in [9.17, 15) is 4.79 Å². The van der Waals surface area contributed by atoms with Crippen LogP contribution in [0, 0.1) is 0 Å². The molecule has 1 amide bonds. The van der Waals surface area contributed by atoms with Crippen LogP contribution in [-0.2, 0) is 0 Å². The Morgan fingerprint density at radius 1 is 1.04 bits per heavy atom. The second kappa shape index (κ2) is 6.89. The summed E-state index contributed by atoms with van der Waals surface area (Å²) in [4.78, 5) is 12.0. The minimum atomic E-state index is -0.0871. The number of carbonyl (C=O) groups is 1. The van der Waals surface area contributed by atoms with Gasteiger partial charge in [0.15, 0.2) is 5.76 Å². The Morgan fingerprint density at radius 3 is 2.29 bits per heavy atom. The van der Waals surface area contributed by atoms with Gasteiger partial charge in [-0.1, -0.05) is 41.0 Å². The summed E-state index contributed by atoms with van der Waals surface area (Å²) in [6.07, 6.45) is 0. The fourth-order valence-electron chi connectivity index (χ4n) is 2.30. The van der Waals surface area contributed by atoms with Gasteiger partial charge in [-0.15, -0.1) is 0 Å². The Bertz CT molecular complexity index is 837. The standard InChI is InChI=1S/C19H17ClN2O2/c1-12(2)21-19(23)15-5-3-14(4-6-15)18-11-17(22-24-18)13-7-9-16(20)10-8-13/h3-12H,1-2H3,(H,21,23). The molecule has 0 fully saturated rings. The summed E-state index contributed by atoms with van der Waals surface area (Å²) in [5.41, 5.74) is 3.15. The molecule has 3 rings (SSSR count). The molecule has 2 aromatic carbocycles. The van der Waals surface area contributed by atoms with Gasteiger partial charge in [0, 0.05) is 33.8 Å². The van der Waals surface area contributed by atoms with Gasteiger partial charge in [0.2, 0.25) is 0 Å². The third-order valence-corrected chi connectivity index (χ3v) is 3.75. The molecule has 4 nitrogen and oxygen atoms in total. The number of benzene rings is 2. The molecule has 1 heterocycles. The van der Waals surface area contributed by atoms with Gasteiger partial charge in [-0.3, -0.25) is 4.79 Å². The van der Waals surface area contributed by atoms with Crippen molar-refractivity contribution in [3.63, 3.8) is 0 Å². The predicted octanol–water partition coefficient (Wildman–Crippen LogP) is 4.80. The molecule has 122 valence electrons. The van der Waals surface area contributed by atoms with E-state index in [0.29, 0.717) is 16.3 Å². The highest BCUT2D eigenvalue weighted by atomic mass is 35.5. The average molecular weight is 341 g/mol. The monoisotopic (exact) mass is 340 g/mol. The first-order chi connectivity index (χ1) is 11.5. The van der Waals surface area contributed by atoms with Gasteiger partial charge in [-0.05, 0) is 38.1 Å². The van der Waals surface area contributed by atoms with Crippen LogP contribution < -0.4 is 5.32 Å². The maximum Gasteiger partial charge on any atom is 0.251 e. The molecule has 24 heavy (non-hydrogen) atoms. The second-order valence-electron chi connectivity index (χ2n) is 5.79. The highest BCUT2D eigenvalue weighted by Crippen LogP contribution is 2.27. The van der Waals surface area contributed by atoms with E-state index in [4.69, 9.17) is 16.1 Å². The van der Waals surface area contributed by atoms with Crippen LogP contribution in [0.2, 0.25) is 5.02 Å². The molecule has 0 saturated carbocycles. The highest BCUT2D eigenvalue weighted by molar-refractivity contribution is 6.30. The first-order valence-corrected chi connectivity index (χ1v) is 8.04. The fourth-order valence-corrected chi connectivity index (χ4v) is 2.43. The molecule has 1 aromatic heterocycles. The first kappa shape index (κ1) is 16.3. The number of nitrogens with zero attached hydrogens (tertiary/aromatic N) is 1. The predicted molar refractivity (Wildman–Crippen MR) is 95.0 cm³/mol. The van der Waals surface area contributed by atoms with Crippen molar-refractivity contribution in [2.45, 2.75) is 19.9 Å². The Kier molecular flexibility index (Phi) is 4.67. The minimum absolute atomic E-state index is 0.0871. The second-order valence-corrected chi connectivity index (χ2v) is 6.23. The maximum atomic E-state index is 12.0. The molecule has 0 unspecified atom stereocenters. The zero-order valence-corrected chi connectivity index (χ0v) is 14.2. The minimum Gasteiger partial charge on any atom is -0.356 e. The molecule has 0 saturated heterocycles. The Balaban J connectivity index is 1.80. The molecule has 0 aliphatic rings. The van der Waals surface area contributed by atoms with Gasteiger partial charge >= 0.3 is 0 Å². The van der Waals surface area contributed by atoms with E-state index < -0.39 is 0 Å². The van der Waals surface area contributed by atoms with Crippen LogP contribution in [0.1, 0.15) is 24.2 Å². The summed E-state index contributed by atoms with van der Waals surface area (Å²) in [6.45, 7) is 3.86. The molecule has 5 heteroatoms. The largest absolute Gasteiger partial charge is 0.356 e. The molecular weight excluding hydrogens is 324 g/mol. The van der Waals surface area contributed by atoms with Crippen LogP contribution in [0.4, 0.5) is 0 Å². The SMILES string of the molecule is CC(C)NC(=O)c1ccc(-c2cc(-c3ccc(Cl)cc3)no2)cc1. The smallest absolute Gasteiger partial charge is 0.251 e. The van der Waals surface area contributed by atoms with E-state index in [1.54, 1.807) is 12.1 Å². The zero-order chi connectivity index (χ0) is 17.1. The van der Waals surface area contributed by atoms with Crippen molar-refractivity contribution in [2.24, 2.45) is 0 Å². The number of halogens is 1. The summed E-state index contributed by atoms with van der Waals surface area (Å²) in [5, 5.41) is 7.63. The number of hydrogen-bond donors (Lipinski definition) is 1. The van der Waals surface area contributed by atoms with Crippen LogP contribution in [0.5, 0.6) is 0 Å². The Labute approximate surface area is 145 Å². The van der Waals surface area contributed by atoms with E-state index in [1.807, 2.05) is 56.3 Å². The number of aromatic nitrogens is 1. The molecule has 1 N–H and O–H groups in total. The first-order valence-electron chi connectivity index (χ1n) is 7.67. The molecular formula is C19H17ClN2O2. The van der Waals surface area contributed by atoms with Crippen LogP contribution in [0.15, 0.2) is 59.1 Å². The van der Waals surface area contributed by atoms with Crippen molar-refractivity contribution < 1.29 is 9.32 Å². The molecule has 0 bridgehead atoms. The van der Waals surface area contributed by atoms with Crippen molar-refractivity contribution in [3.05, 3.63) is 65.2 Å². The summed E-state index contributed by atoms with van der Waals surface area (Å²) in [7, 11) is 0. The van der Waals surface area contributed by atoms with Crippen molar-refractivity contribution in [3.8, 4) is 22.6 Å². The topological polar surface area (TPSA) is 55.1 Å². The van der Waals surface area contributed by atoms with Gasteiger partial charge in [-0.25, -0.2) is 0 Å². The van der Waals surface area contributed by atoms with Gasteiger partial charge in [0.1, 0.15) is 5.69 Å². The van der Waals surface area contributed by atoms with Crippen molar-refractivity contribution in [1.29, 1.82) is 0 Å². The van der Waals surface area contributed by atoms with Crippen molar-refractivity contribution >= 4 is 17.5 Å². The fraction of sp³-hybridized carbons (Fsp3) is 0.158.